The van der Waals surface area contributed by atoms with Crippen LogP contribution in [0.2, 0.25) is 0 Å². The Morgan fingerprint density at radius 3 is 2.04 bits per heavy atom. The Bertz CT molecular complexity index is 749. The summed E-state index contributed by atoms with van der Waals surface area (Å²) >= 11 is 0. The van der Waals surface area contributed by atoms with Crippen molar-refractivity contribution < 1.29 is 4.74 Å². The second-order valence-corrected chi connectivity index (χ2v) is 6.73. The second kappa shape index (κ2) is 10.6. The summed E-state index contributed by atoms with van der Waals surface area (Å²) in [5.41, 5.74) is 5.40. The van der Waals surface area contributed by atoms with Gasteiger partial charge in [0.25, 0.3) is 0 Å². The van der Waals surface area contributed by atoms with E-state index in [1.165, 1.54) is 41.5 Å². The number of ether oxygens (including phenoxy) is 1. The lowest BCUT2D eigenvalue weighted by atomic mass is 9.96. The molecule has 0 aromatic heterocycles. The molecule has 0 amide bonds. The minimum Gasteiger partial charge on any atom is -0.377 e. The predicted molar refractivity (Wildman–Crippen MR) is 110 cm³/mol. The summed E-state index contributed by atoms with van der Waals surface area (Å²) in [6.07, 6.45) is 6.03. The molecule has 0 fully saturated rings. The number of aryl methyl sites for hydroxylation is 1. The first-order valence-corrected chi connectivity index (χ1v) is 9.68. The topological polar surface area (TPSA) is 9.23 Å². The van der Waals surface area contributed by atoms with E-state index in [9.17, 15) is 0 Å². The molecule has 0 bridgehead atoms. The maximum atomic E-state index is 5.76. The standard InChI is InChI=1S/C25H28O/c1(2-12-20-26-21-22-13-5-3-6-14-22)7-15-24-18-10-11-19-25(24)23-16-8-4-9-17-23/h3-6,8-11,13-14,16-19H,1-2,7,12,15,20-21H2. The van der Waals surface area contributed by atoms with Crippen LogP contribution in [0.5, 0.6) is 0 Å². The molecule has 0 unspecified atom stereocenters. The zero-order valence-corrected chi connectivity index (χ0v) is 15.4. The number of rotatable bonds is 10. The number of hydrogen-bond donors (Lipinski definition) is 0. The third-order valence-electron chi connectivity index (χ3n) is 4.70. The summed E-state index contributed by atoms with van der Waals surface area (Å²) in [4.78, 5) is 0. The SMILES string of the molecule is c1ccc(COCCCCCCc2ccccc2-c2ccccc2)cc1. The molecule has 1 heteroatoms. The van der Waals surface area contributed by atoms with Crippen molar-refractivity contribution in [2.24, 2.45) is 0 Å². The molecule has 0 saturated heterocycles. The first kappa shape index (κ1) is 18.4. The molecule has 0 N–H and O–H groups in total. The molecule has 3 aromatic rings. The van der Waals surface area contributed by atoms with Gasteiger partial charge in [-0.05, 0) is 41.5 Å². The summed E-state index contributed by atoms with van der Waals surface area (Å²) in [6, 6.07) is 29.9. The average molecular weight is 344 g/mol. The molecule has 134 valence electrons. The molecular formula is C25H28O. The lowest BCUT2D eigenvalue weighted by Crippen LogP contribution is -1.96. The average Bonchev–Trinajstić information content (AvgIpc) is 2.72. The van der Waals surface area contributed by atoms with Gasteiger partial charge in [0.15, 0.2) is 0 Å². The van der Waals surface area contributed by atoms with Gasteiger partial charge in [0.2, 0.25) is 0 Å². The van der Waals surface area contributed by atoms with Crippen LogP contribution in [0.15, 0.2) is 84.9 Å². The highest BCUT2D eigenvalue weighted by molar-refractivity contribution is 5.67. The highest BCUT2D eigenvalue weighted by Gasteiger charge is 2.03. The van der Waals surface area contributed by atoms with E-state index in [-0.39, 0.29) is 0 Å². The van der Waals surface area contributed by atoms with E-state index in [0.717, 1.165) is 26.1 Å². The van der Waals surface area contributed by atoms with Gasteiger partial charge in [-0.25, -0.2) is 0 Å². The molecular weight excluding hydrogens is 316 g/mol. The van der Waals surface area contributed by atoms with Crippen molar-refractivity contribution in [1.29, 1.82) is 0 Å². The largest absolute Gasteiger partial charge is 0.377 e. The van der Waals surface area contributed by atoms with Gasteiger partial charge in [-0.1, -0.05) is 97.8 Å². The van der Waals surface area contributed by atoms with E-state index < -0.39 is 0 Å². The van der Waals surface area contributed by atoms with Crippen LogP contribution >= 0.6 is 0 Å². The third-order valence-corrected chi connectivity index (χ3v) is 4.70. The van der Waals surface area contributed by atoms with Crippen LogP contribution in [0.25, 0.3) is 11.1 Å². The Labute approximate surface area is 157 Å². The molecule has 0 saturated carbocycles. The van der Waals surface area contributed by atoms with Gasteiger partial charge in [-0.15, -0.1) is 0 Å². The minimum absolute atomic E-state index is 0.727. The van der Waals surface area contributed by atoms with Crippen molar-refractivity contribution in [1.82, 2.24) is 0 Å². The van der Waals surface area contributed by atoms with Crippen LogP contribution in [-0.4, -0.2) is 6.61 Å². The van der Waals surface area contributed by atoms with Crippen molar-refractivity contribution in [2.45, 2.75) is 38.7 Å². The fraction of sp³-hybridized carbons (Fsp3) is 0.280. The molecule has 3 rings (SSSR count). The van der Waals surface area contributed by atoms with Crippen molar-refractivity contribution in [2.75, 3.05) is 6.61 Å². The highest BCUT2D eigenvalue weighted by Crippen LogP contribution is 2.24. The van der Waals surface area contributed by atoms with Crippen LogP contribution in [0, 0.1) is 0 Å². The molecule has 0 heterocycles. The van der Waals surface area contributed by atoms with Gasteiger partial charge in [-0.2, -0.15) is 0 Å². The quantitative estimate of drug-likeness (QED) is 0.373. The Kier molecular flexibility index (Phi) is 7.49. The normalized spacial score (nSPS) is 10.8. The smallest absolute Gasteiger partial charge is 0.0716 e. The number of benzene rings is 3. The first-order chi connectivity index (χ1) is 12.9. The van der Waals surface area contributed by atoms with Gasteiger partial charge in [0.1, 0.15) is 0 Å². The predicted octanol–water partition coefficient (Wildman–Crippen LogP) is 6.67. The van der Waals surface area contributed by atoms with E-state index in [0.29, 0.717) is 0 Å². The third kappa shape index (κ3) is 5.86. The summed E-state index contributed by atoms with van der Waals surface area (Å²) in [6.45, 7) is 1.58. The Morgan fingerprint density at radius 1 is 0.577 bits per heavy atom. The second-order valence-electron chi connectivity index (χ2n) is 6.73. The lowest BCUT2D eigenvalue weighted by Gasteiger charge is -2.10. The van der Waals surface area contributed by atoms with E-state index in [4.69, 9.17) is 4.74 Å². The number of unbranched alkanes of at least 4 members (excludes halogenated alkanes) is 3. The van der Waals surface area contributed by atoms with Gasteiger partial charge in [0.05, 0.1) is 6.61 Å². The molecule has 3 aromatic carbocycles. The highest BCUT2D eigenvalue weighted by atomic mass is 16.5. The van der Waals surface area contributed by atoms with Crippen LogP contribution in [-0.2, 0) is 17.8 Å². The van der Waals surface area contributed by atoms with Crippen LogP contribution in [0.4, 0.5) is 0 Å². The Balaban J connectivity index is 1.34. The van der Waals surface area contributed by atoms with E-state index in [1.807, 2.05) is 6.07 Å². The van der Waals surface area contributed by atoms with Gasteiger partial charge < -0.3 is 4.74 Å². The maximum Gasteiger partial charge on any atom is 0.0716 e. The Hall–Kier alpha value is -2.38. The molecule has 0 aliphatic carbocycles. The van der Waals surface area contributed by atoms with Gasteiger partial charge in [0, 0.05) is 6.61 Å². The first-order valence-electron chi connectivity index (χ1n) is 9.68. The monoisotopic (exact) mass is 344 g/mol. The number of hydrogen-bond acceptors (Lipinski definition) is 1. The molecule has 0 radical (unpaired) electrons. The molecule has 1 nitrogen and oxygen atoms in total. The van der Waals surface area contributed by atoms with Gasteiger partial charge >= 0.3 is 0 Å². The molecule has 0 aliphatic rings. The van der Waals surface area contributed by atoms with Crippen molar-refractivity contribution in [3.05, 3.63) is 96.1 Å². The van der Waals surface area contributed by atoms with E-state index in [1.54, 1.807) is 0 Å². The zero-order valence-electron chi connectivity index (χ0n) is 15.4. The summed E-state index contributed by atoms with van der Waals surface area (Å²) in [5, 5.41) is 0. The fourth-order valence-corrected chi connectivity index (χ4v) is 3.28. The fourth-order valence-electron chi connectivity index (χ4n) is 3.28. The van der Waals surface area contributed by atoms with Crippen molar-refractivity contribution >= 4 is 0 Å². The summed E-state index contributed by atoms with van der Waals surface area (Å²) in [5.74, 6) is 0. The van der Waals surface area contributed by atoms with Gasteiger partial charge in [-0.3, -0.25) is 0 Å². The Morgan fingerprint density at radius 2 is 1.23 bits per heavy atom. The maximum absolute atomic E-state index is 5.76. The van der Waals surface area contributed by atoms with E-state index in [2.05, 4.69) is 78.9 Å². The summed E-state index contributed by atoms with van der Waals surface area (Å²) < 4.78 is 5.76. The summed E-state index contributed by atoms with van der Waals surface area (Å²) in [7, 11) is 0. The molecule has 26 heavy (non-hydrogen) atoms. The van der Waals surface area contributed by atoms with Crippen LogP contribution in [0.3, 0.4) is 0 Å². The molecule has 0 aliphatic heterocycles. The van der Waals surface area contributed by atoms with Crippen molar-refractivity contribution in [3.8, 4) is 11.1 Å². The van der Waals surface area contributed by atoms with Crippen LogP contribution in [0.1, 0.15) is 36.8 Å². The molecule has 0 atom stereocenters. The van der Waals surface area contributed by atoms with Crippen LogP contribution < -0.4 is 0 Å². The van der Waals surface area contributed by atoms with E-state index >= 15 is 0 Å². The molecule has 0 spiro atoms. The van der Waals surface area contributed by atoms with Crippen molar-refractivity contribution in [3.63, 3.8) is 0 Å². The zero-order chi connectivity index (χ0) is 17.9. The minimum atomic E-state index is 0.727. The lowest BCUT2D eigenvalue weighted by molar-refractivity contribution is 0.117.